The van der Waals surface area contributed by atoms with Crippen LogP contribution in [0.5, 0.6) is 5.75 Å². The lowest BCUT2D eigenvalue weighted by molar-refractivity contribution is -0.120. The highest BCUT2D eigenvalue weighted by Gasteiger charge is 2.23. The molecule has 1 amide bonds. The molecule has 1 unspecified atom stereocenters. The van der Waals surface area contributed by atoms with Gasteiger partial charge in [-0.3, -0.25) is 4.79 Å². The summed E-state index contributed by atoms with van der Waals surface area (Å²) < 4.78 is 7.12. The third-order valence-electron chi connectivity index (χ3n) is 5.43. The number of fused-ring (bicyclic) bond motifs is 1. The van der Waals surface area contributed by atoms with Crippen molar-refractivity contribution in [3.63, 3.8) is 0 Å². The van der Waals surface area contributed by atoms with Crippen LogP contribution in [0.15, 0.2) is 54.6 Å². The molecule has 2 heterocycles. The molecule has 2 aromatic heterocycles. The molecule has 4 rings (SSSR count). The summed E-state index contributed by atoms with van der Waals surface area (Å²) in [6.45, 7) is 8.47. The van der Waals surface area contributed by atoms with E-state index in [0.29, 0.717) is 5.13 Å². The van der Waals surface area contributed by atoms with Crippen LogP contribution in [0.1, 0.15) is 39.3 Å². The highest BCUT2D eigenvalue weighted by molar-refractivity contribution is 7.20. The second-order valence-electron chi connectivity index (χ2n) is 9.55. The van der Waals surface area contributed by atoms with Gasteiger partial charge in [-0.05, 0) is 57.5 Å². The maximum Gasteiger partial charge on any atom is 0.240 e. The lowest BCUT2D eigenvalue weighted by Crippen LogP contribution is -2.36. The van der Waals surface area contributed by atoms with E-state index in [1.807, 2.05) is 78.0 Å². The van der Waals surface area contributed by atoms with Gasteiger partial charge in [-0.1, -0.05) is 41.7 Å². The highest BCUT2D eigenvalue weighted by Crippen LogP contribution is 2.35. The van der Waals surface area contributed by atoms with Crippen molar-refractivity contribution in [2.75, 3.05) is 30.9 Å². The topological polar surface area (TPSA) is 83.8 Å². The molecule has 0 bridgehead atoms. The molecule has 0 saturated heterocycles. The van der Waals surface area contributed by atoms with E-state index >= 15 is 0 Å². The van der Waals surface area contributed by atoms with Gasteiger partial charge in [-0.2, -0.15) is 4.52 Å². The summed E-state index contributed by atoms with van der Waals surface area (Å²) in [7, 11) is 3.52. The average Bonchev–Trinajstić information content (AvgIpc) is 3.38. The molecule has 35 heavy (non-hydrogen) atoms. The van der Waals surface area contributed by atoms with Gasteiger partial charge < -0.3 is 20.3 Å². The number of ether oxygens (including phenoxy) is 1. The molecule has 1 atom stereocenters. The van der Waals surface area contributed by atoms with Gasteiger partial charge in [0.05, 0.1) is 19.7 Å². The number of benzene rings is 2. The standard InChI is InChI=1S/C26H32N6O2S/c1-17(18-10-8-7-9-11-18)27-21(33)16-31(5)25-30-32-23(29-26(2,3)4)22(28-24(32)35-25)19-12-14-20(34-6)15-13-19/h7-15,17,29H,16H2,1-6H3,(H,27,33). The Kier molecular flexibility index (Phi) is 6.98. The summed E-state index contributed by atoms with van der Waals surface area (Å²) in [5.74, 6) is 1.54. The van der Waals surface area contributed by atoms with Crippen molar-refractivity contribution in [1.82, 2.24) is 19.9 Å². The minimum Gasteiger partial charge on any atom is -0.497 e. The van der Waals surface area contributed by atoms with Crippen molar-refractivity contribution < 1.29 is 9.53 Å². The number of nitrogens with one attached hydrogen (secondary N) is 2. The quantitative estimate of drug-likeness (QED) is 0.361. The molecule has 8 nitrogen and oxygen atoms in total. The normalized spacial score (nSPS) is 12.4. The van der Waals surface area contributed by atoms with E-state index in [9.17, 15) is 4.79 Å². The first kappa shape index (κ1) is 24.5. The lowest BCUT2D eigenvalue weighted by atomic mass is 10.1. The van der Waals surface area contributed by atoms with Crippen LogP contribution in [-0.2, 0) is 4.79 Å². The van der Waals surface area contributed by atoms with Crippen molar-refractivity contribution in [3.05, 3.63) is 60.2 Å². The molecule has 0 aliphatic rings. The Bertz CT molecular complexity index is 1290. The summed E-state index contributed by atoms with van der Waals surface area (Å²) in [6, 6.07) is 17.7. The van der Waals surface area contributed by atoms with E-state index in [4.69, 9.17) is 14.8 Å². The molecule has 0 aliphatic carbocycles. The van der Waals surface area contributed by atoms with Gasteiger partial charge in [-0.15, -0.1) is 5.10 Å². The van der Waals surface area contributed by atoms with Gasteiger partial charge in [-0.25, -0.2) is 4.98 Å². The Morgan fingerprint density at radius 3 is 2.46 bits per heavy atom. The predicted octanol–water partition coefficient (Wildman–Crippen LogP) is 4.99. The van der Waals surface area contributed by atoms with E-state index in [1.54, 1.807) is 7.11 Å². The lowest BCUT2D eigenvalue weighted by Gasteiger charge is -2.22. The van der Waals surface area contributed by atoms with Crippen LogP contribution < -0.4 is 20.3 Å². The first-order chi connectivity index (χ1) is 16.6. The predicted molar refractivity (Wildman–Crippen MR) is 142 cm³/mol. The number of nitrogens with zero attached hydrogens (tertiary/aromatic N) is 4. The van der Waals surface area contributed by atoms with Gasteiger partial charge in [0.15, 0.2) is 5.82 Å². The van der Waals surface area contributed by atoms with Crippen molar-refractivity contribution in [2.45, 2.75) is 39.3 Å². The van der Waals surface area contributed by atoms with Crippen LogP contribution in [0.3, 0.4) is 0 Å². The van der Waals surface area contributed by atoms with Crippen LogP contribution in [0.4, 0.5) is 10.9 Å². The van der Waals surface area contributed by atoms with Gasteiger partial charge in [0.2, 0.25) is 16.0 Å². The monoisotopic (exact) mass is 492 g/mol. The fourth-order valence-electron chi connectivity index (χ4n) is 3.71. The Balaban J connectivity index is 1.56. The van der Waals surface area contributed by atoms with E-state index < -0.39 is 0 Å². The number of anilines is 2. The molecule has 0 radical (unpaired) electrons. The Hall–Kier alpha value is -3.59. The van der Waals surface area contributed by atoms with Gasteiger partial charge in [0.25, 0.3) is 0 Å². The van der Waals surface area contributed by atoms with E-state index in [1.165, 1.54) is 11.3 Å². The number of aromatic nitrogens is 3. The summed E-state index contributed by atoms with van der Waals surface area (Å²) in [4.78, 5) is 20.2. The van der Waals surface area contributed by atoms with Crippen molar-refractivity contribution in [1.29, 1.82) is 0 Å². The molecule has 0 saturated carbocycles. The smallest absolute Gasteiger partial charge is 0.240 e. The zero-order valence-corrected chi connectivity index (χ0v) is 21.8. The van der Waals surface area contributed by atoms with Crippen molar-refractivity contribution in [3.8, 4) is 17.0 Å². The number of carbonyl (C=O) groups excluding carboxylic acids is 1. The number of methoxy groups -OCH3 is 1. The Morgan fingerprint density at radius 2 is 1.83 bits per heavy atom. The van der Waals surface area contributed by atoms with Crippen LogP contribution in [0.2, 0.25) is 0 Å². The second kappa shape index (κ2) is 9.95. The second-order valence-corrected chi connectivity index (χ2v) is 10.5. The minimum atomic E-state index is -0.194. The van der Waals surface area contributed by atoms with Gasteiger partial charge in [0.1, 0.15) is 11.4 Å². The summed E-state index contributed by atoms with van der Waals surface area (Å²) >= 11 is 1.45. The molecule has 184 valence electrons. The van der Waals surface area contributed by atoms with E-state index in [2.05, 4.69) is 31.4 Å². The van der Waals surface area contributed by atoms with Crippen LogP contribution in [0.25, 0.3) is 16.2 Å². The fraction of sp³-hybridized carbons (Fsp3) is 0.346. The summed E-state index contributed by atoms with van der Waals surface area (Å²) in [6.07, 6.45) is 0. The molecule has 0 fully saturated rings. The first-order valence-corrected chi connectivity index (χ1v) is 12.3. The largest absolute Gasteiger partial charge is 0.497 e. The van der Waals surface area contributed by atoms with Gasteiger partial charge >= 0.3 is 0 Å². The molecule has 0 spiro atoms. The first-order valence-electron chi connectivity index (χ1n) is 11.5. The number of carbonyl (C=O) groups is 1. The average molecular weight is 493 g/mol. The molecule has 0 aliphatic heterocycles. The number of amides is 1. The van der Waals surface area contributed by atoms with Crippen molar-refractivity contribution in [2.24, 2.45) is 0 Å². The maximum absolute atomic E-state index is 12.7. The Morgan fingerprint density at radius 1 is 1.14 bits per heavy atom. The van der Waals surface area contributed by atoms with Gasteiger partial charge in [0, 0.05) is 18.2 Å². The summed E-state index contributed by atoms with van der Waals surface area (Å²) in [5, 5.41) is 12.1. The SMILES string of the molecule is COc1ccc(-c2nc3sc(N(C)CC(=O)NC(C)c4ccccc4)nn3c2NC(C)(C)C)cc1. The van der Waals surface area contributed by atoms with Crippen LogP contribution >= 0.6 is 11.3 Å². The molecule has 4 aromatic rings. The zero-order chi connectivity index (χ0) is 25.2. The molecular weight excluding hydrogens is 460 g/mol. The third-order valence-corrected chi connectivity index (χ3v) is 6.46. The fourth-order valence-corrected chi connectivity index (χ4v) is 4.57. The number of hydrogen-bond donors (Lipinski definition) is 2. The molecular formula is C26H32N6O2S. The Labute approximate surface area is 209 Å². The minimum absolute atomic E-state index is 0.0661. The number of hydrogen-bond acceptors (Lipinski definition) is 7. The molecule has 2 N–H and O–H groups in total. The third kappa shape index (κ3) is 5.74. The number of rotatable bonds is 8. The van der Waals surface area contributed by atoms with E-state index in [0.717, 1.165) is 33.3 Å². The van der Waals surface area contributed by atoms with Crippen molar-refractivity contribution >= 4 is 33.2 Å². The highest BCUT2D eigenvalue weighted by atomic mass is 32.1. The molecule has 9 heteroatoms. The van der Waals surface area contributed by atoms with E-state index in [-0.39, 0.29) is 24.0 Å². The maximum atomic E-state index is 12.7. The molecule has 2 aromatic carbocycles. The van der Waals surface area contributed by atoms with Crippen LogP contribution in [-0.4, -0.2) is 46.7 Å². The number of likely N-dealkylation sites (N-methyl/N-ethyl adjacent to an activating group) is 1. The summed E-state index contributed by atoms with van der Waals surface area (Å²) in [5.41, 5.74) is 2.67. The van der Waals surface area contributed by atoms with Crippen LogP contribution in [0, 0.1) is 0 Å². The number of imidazole rings is 1. The zero-order valence-electron chi connectivity index (χ0n) is 21.0.